The van der Waals surface area contributed by atoms with Gasteiger partial charge in [-0.15, -0.1) is 0 Å². The number of rotatable bonds is 7. The minimum absolute atomic E-state index is 0.138. The second kappa shape index (κ2) is 7.87. The van der Waals surface area contributed by atoms with Crippen molar-refractivity contribution in [1.29, 1.82) is 0 Å². The number of thioether (sulfide) groups is 1. The van der Waals surface area contributed by atoms with Crippen molar-refractivity contribution in [3.8, 4) is 5.75 Å². The number of nitrogens with two attached hydrogens (primary N) is 1. The van der Waals surface area contributed by atoms with Gasteiger partial charge >= 0.3 is 0 Å². The Hall–Kier alpha value is -1.36. The van der Waals surface area contributed by atoms with Crippen LogP contribution in [-0.2, 0) is 0 Å². The van der Waals surface area contributed by atoms with Gasteiger partial charge in [-0.2, -0.15) is 11.8 Å². The zero-order valence-corrected chi connectivity index (χ0v) is 11.7. The third-order valence-corrected chi connectivity index (χ3v) is 3.41. The monoisotopic (exact) mass is 268 g/mol. The average Bonchev–Trinajstić information content (AvgIpc) is 2.38. The van der Waals surface area contributed by atoms with Gasteiger partial charge in [0.15, 0.2) is 0 Å². The van der Waals surface area contributed by atoms with Gasteiger partial charge in [0.2, 0.25) is 0 Å². The molecule has 0 radical (unpaired) electrons. The molecule has 0 aromatic heterocycles. The summed E-state index contributed by atoms with van der Waals surface area (Å²) in [6.07, 6.45) is 0.967. The molecule has 1 amide bonds. The average molecular weight is 268 g/mol. The number of benzene rings is 1. The molecule has 0 saturated heterocycles. The Labute approximate surface area is 112 Å². The van der Waals surface area contributed by atoms with Gasteiger partial charge in [-0.1, -0.05) is 6.92 Å². The standard InChI is InChI=1S/C13H20N2O2S/c1-3-18-8-4-7-15-13(16)11-9-10(14)5-6-12(11)17-2/h5-6,9H,3-4,7-8,14H2,1-2H3,(H,15,16). The highest BCUT2D eigenvalue weighted by Gasteiger charge is 2.11. The highest BCUT2D eigenvalue weighted by molar-refractivity contribution is 7.99. The second-order valence-electron chi connectivity index (χ2n) is 3.77. The predicted octanol–water partition coefficient (Wildman–Crippen LogP) is 2.15. The Morgan fingerprint density at radius 3 is 2.94 bits per heavy atom. The van der Waals surface area contributed by atoms with Crippen molar-refractivity contribution in [2.24, 2.45) is 0 Å². The number of hydrogen-bond donors (Lipinski definition) is 2. The topological polar surface area (TPSA) is 64.4 Å². The minimum Gasteiger partial charge on any atom is -0.496 e. The Morgan fingerprint density at radius 1 is 1.50 bits per heavy atom. The molecule has 1 aromatic carbocycles. The second-order valence-corrected chi connectivity index (χ2v) is 5.16. The fourth-order valence-electron chi connectivity index (χ4n) is 1.52. The first-order chi connectivity index (χ1) is 8.69. The van der Waals surface area contributed by atoms with Crippen LogP contribution in [-0.4, -0.2) is 31.1 Å². The highest BCUT2D eigenvalue weighted by Crippen LogP contribution is 2.20. The van der Waals surface area contributed by atoms with E-state index in [1.54, 1.807) is 25.3 Å². The van der Waals surface area contributed by atoms with Crippen molar-refractivity contribution < 1.29 is 9.53 Å². The van der Waals surface area contributed by atoms with Crippen LogP contribution in [0.4, 0.5) is 5.69 Å². The largest absolute Gasteiger partial charge is 0.496 e. The van der Waals surface area contributed by atoms with Gasteiger partial charge in [-0.3, -0.25) is 4.79 Å². The van der Waals surface area contributed by atoms with E-state index in [9.17, 15) is 4.79 Å². The molecule has 100 valence electrons. The van der Waals surface area contributed by atoms with Crippen LogP contribution in [0.15, 0.2) is 18.2 Å². The molecule has 0 unspecified atom stereocenters. The van der Waals surface area contributed by atoms with Crippen molar-refractivity contribution in [2.75, 3.05) is 30.9 Å². The SMILES string of the molecule is CCSCCCNC(=O)c1cc(N)ccc1OC. The lowest BCUT2D eigenvalue weighted by Crippen LogP contribution is -2.25. The summed E-state index contributed by atoms with van der Waals surface area (Å²) in [5.41, 5.74) is 6.72. The maximum absolute atomic E-state index is 12.0. The molecule has 1 aromatic rings. The molecule has 1 rings (SSSR count). The normalized spacial score (nSPS) is 10.1. The predicted molar refractivity (Wildman–Crippen MR) is 77.4 cm³/mol. The molecule has 0 atom stereocenters. The zero-order valence-electron chi connectivity index (χ0n) is 10.9. The number of ether oxygens (including phenoxy) is 1. The van der Waals surface area contributed by atoms with E-state index in [4.69, 9.17) is 10.5 Å². The van der Waals surface area contributed by atoms with Crippen LogP contribution in [0, 0.1) is 0 Å². The molecule has 3 N–H and O–H groups in total. The number of anilines is 1. The summed E-state index contributed by atoms with van der Waals surface area (Å²) in [5, 5.41) is 2.87. The van der Waals surface area contributed by atoms with Crippen molar-refractivity contribution in [3.63, 3.8) is 0 Å². The van der Waals surface area contributed by atoms with Gasteiger partial charge in [-0.05, 0) is 36.1 Å². The summed E-state index contributed by atoms with van der Waals surface area (Å²) in [7, 11) is 1.54. The molecule has 0 fully saturated rings. The molecule has 5 heteroatoms. The van der Waals surface area contributed by atoms with Gasteiger partial charge in [-0.25, -0.2) is 0 Å². The Morgan fingerprint density at radius 2 is 2.28 bits per heavy atom. The van der Waals surface area contributed by atoms with E-state index >= 15 is 0 Å². The van der Waals surface area contributed by atoms with Crippen LogP contribution >= 0.6 is 11.8 Å². The lowest BCUT2D eigenvalue weighted by atomic mass is 10.1. The van der Waals surface area contributed by atoms with Crippen molar-refractivity contribution in [3.05, 3.63) is 23.8 Å². The van der Waals surface area contributed by atoms with Crippen molar-refractivity contribution in [1.82, 2.24) is 5.32 Å². The van der Waals surface area contributed by atoms with E-state index in [-0.39, 0.29) is 5.91 Å². The van der Waals surface area contributed by atoms with Crippen molar-refractivity contribution >= 4 is 23.4 Å². The maximum Gasteiger partial charge on any atom is 0.255 e. The van der Waals surface area contributed by atoms with Crippen LogP contribution in [0.5, 0.6) is 5.75 Å². The Balaban J connectivity index is 2.52. The van der Waals surface area contributed by atoms with E-state index in [0.717, 1.165) is 17.9 Å². The van der Waals surface area contributed by atoms with E-state index in [0.29, 0.717) is 23.5 Å². The lowest BCUT2D eigenvalue weighted by molar-refractivity contribution is 0.0951. The maximum atomic E-state index is 12.0. The summed E-state index contributed by atoms with van der Waals surface area (Å²) < 4.78 is 5.15. The van der Waals surface area contributed by atoms with Crippen LogP contribution in [0.3, 0.4) is 0 Å². The third kappa shape index (κ3) is 4.49. The number of methoxy groups -OCH3 is 1. The summed E-state index contributed by atoms with van der Waals surface area (Å²) in [6, 6.07) is 5.06. The van der Waals surface area contributed by atoms with Crippen molar-refractivity contribution in [2.45, 2.75) is 13.3 Å². The first-order valence-corrected chi connectivity index (χ1v) is 7.14. The minimum atomic E-state index is -0.138. The number of nitrogen functional groups attached to an aromatic ring is 1. The Kier molecular flexibility index (Phi) is 6.43. The zero-order chi connectivity index (χ0) is 13.4. The molecule has 18 heavy (non-hydrogen) atoms. The number of nitrogens with one attached hydrogen (secondary N) is 1. The number of hydrogen-bond acceptors (Lipinski definition) is 4. The molecular weight excluding hydrogens is 248 g/mol. The van der Waals surface area contributed by atoms with E-state index in [1.165, 1.54) is 0 Å². The summed E-state index contributed by atoms with van der Waals surface area (Å²) in [5.74, 6) is 2.58. The summed E-state index contributed by atoms with van der Waals surface area (Å²) >= 11 is 1.87. The smallest absolute Gasteiger partial charge is 0.255 e. The Bertz CT molecular complexity index is 397. The van der Waals surface area contributed by atoms with E-state index in [1.807, 2.05) is 11.8 Å². The van der Waals surface area contributed by atoms with Gasteiger partial charge in [0.1, 0.15) is 5.75 Å². The number of amides is 1. The van der Waals surface area contributed by atoms with E-state index in [2.05, 4.69) is 12.2 Å². The number of carbonyl (C=O) groups is 1. The third-order valence-electron chi connectivity index (χ3n) is 2.42. The molecule has 0 aliphatic heterocycles. The molecule has 0 aliphatic rings. The lowest BCUT2D eigenvalue weighted by Gasteiger charge is -2.09. The fourth-order valence-corrected chi connectivity index (χ4v) is 2.16. The highest BCUT2D eigenvalue weighted by atomic mass is 32.2. The molecular formula is C13H20N2O2S. The quantitative estimate of drug-likeness (QED) is 0.587. The molecule has 0 aliphatic carbocycles. The first kappa shape index (κ1) is 14.7. The van der Waals surface area contributed by atoms with Crippen LogP contribution in [0.2, 0.25) is 0 Å². The first-order valence-electron chi connectivity index (χ1n) is 5.98. The van der Waals surface area contributed by atoms with Crippen LogP contribution in [0.1, 0.15) is 23.7 Å². The fraction of sp³-hybridized carbons (Fsp3) is 0.462. The summed E-state index contributed by atoms with van der Waals surface area (Å²) in [6.45, 7) is 2.80. The molecule has 0 saturated carbocycles. The van der Waals surface area contributed by atoms with Gasteiger partial charge in [0.05, 0.1) is 12.7 Å². The molecule has 0 heterocycles. The summed E-state index contributed by atoms with van der Waals surface area (Å²) in [4.78, 5) is 12.0. The number of carbonyl (C=O) groups excluding carboxylic acids is 1. The van der Waals surface area contributed by atoms with Crippen LogP contribution in [0.25, 0.3) is 0 Å². The van der Waals surface area contributed by atoms with Gasteiger partial charge < -0.3 is 15.8 Å². The van der Waals surface area contributed by atoms with Crippen LogP contribution < -0.4 is 15.8 Å². The molecule has 0 spiro atoms. The van der Waals surface area contributed by atoms with E-state index < -0.39 is 0 Å². The molecule has 0 bridgehead atoms. The van der Waals surface area contributed by atoms with Gasteiger partial charge in [0, 0.05) is 12.2 Å². The van der Waals surface area contributed by atoms with Gasteiger partial charge in [0.25, 0.3) is 5.91 Å². The molecule has 4 nitrogen and oxygen atoms in total.